The summed E-state index contributed by atoms with van der Waals surface area (Å²) in [6.07, 6.45) is 0. The molecule has 1 aromatic carbocycles. The molecule has 0 aliphatic rings. The molecule has 0 saturated carbocycles. The normalized spacial score (nSPS) is 10.3. The Morgan fingerprint density at radius 3 is 2.36 bits per heavy atom. The second-order valence-corrected chi connectivity index (χ2v) is 4.51. The van der Waals surface area contributed by atoms with Crippen LogP contribution in [-0.4, -0.2) is 0 Å². The molecular formula is C6HBr2F2I. The third-order valence-electron chi connectivity index (χ3n) is 1.06. The van der Waals surface area contributed by atoms with Gasteiger partial charge in [0.25, 0.3) is 0 Å². The van der Waals surface area contributed by atoms with E-state index in [9.17, 15) is 8.78 Å². The first-order valence-corrected chi connectivity index (χ1v) is 5.19. The fraction of sp³-hybridized carbons (Fsp3) is 0. The first-order valence-electron chi connectivity index (χ1n) is 2.52. The minimum Gasteiger partial charge on any atom is -0.206 e. The number of hydrogen-bond acceptors (Lipinski definition) is 0. The van der Waals surface area contributed by atoms with Crippen molar-refractivity contribution in [2.45, 2.75) is 0 Å². The van der Waals surface area contributed by atoms with Gasteiger partial charge in [-0.15, -0.1) is 0 Å². The van der Waals surface area contributed by atoms with E-state index in [1.165, 1.54) is 0 Å². The first kappa shape index (κ1) is 9.85. The van der Waals surface area contributed by atoms with Crippen molar-refractivity contribution in [1.29, 1.82) is 0 Å². The summed E-state index contributed by atoms with van der Waals surface area (Å²) in [4.78, 5) is 0. The van der Waals surface area contributed by atoms with Crippen molar-refractivity contribution in [3.8, 4) is 0 Å². The summed E-state index contributed by atoms with van der Waals surface area (Å²) >= 11 is 7.54. The van der Waals surface area contributed by atoms with Gasteiger partial charge in [-0.2, -0.15) is 0 Å². The van der Waals surface area contributed by atoms with E-state index in [1.807, 2.05) is 0 Å². The minimum atomic E-state index is -0.476. The van der Waals surface area contributed by atoms with Gasteiger partial charge in [0.1, 0.15) is 5.82 Å². The Morgan fingerprint density at radius 1 is 1.27 bits per heavy atom. The van der Waals surface area contributed by atoms with Crippen molar-refractivity contribution < 1.29 is 8.78 Å². The molecular weight excluding hydrogens is 397 g/mol. The summed E-state index contributed by atoms with van der Waals surface area (Å²) in [6.45, 7) is 0. The number of rotatable bonds is 0. The van der Waals surface area contributed by atoms with Crippen LogP contribution in [0.15, 0.2) is 15.0 Å². The Labute approximate surface area is 92.8 Å². The van der Waals surface area contributed by atoms with Crippen LogP contribution in [0.5, 0.6) is 0 Å². The Bertz CT molecular complexity index is 275. The quantitative estimate of drug-likeness (QED) is 0.351. The predicted octanol–water partition coefficient (Wildman–Crippen LogP) is 4.09. The van der Waals surface area contributed by atoms with Crippen molar-refractivity contribution in [2.24, 2.45) is 0 Å². The summed E-state index contributed by atoms with van der Waals surface area (Å²) in [5, 5.41) is 0. The van der Waals surface area contributed by atoms with E-state index >= 15 is 0 Å². The van der Waals surface area contributed by atoms with Crippen LogP contribution in [0.4, 0.5) is 8.78 Å². The molecule has 60 valence electrons. The molecule has 0 heterocycles. The third kappa shape index (κ3) is 1.92. The second-order valence-electron chi connectivity index (χ2n) is 1.78. The van der Waals surface area contributed by atoms with Crippen molar-refractivity contribution in [1.82, 2.24) is 0 Å². The largest absolute Gasteiger partial charge is 0.206 e. The standard InChI is InChI=1S/C6HBr2F2I/c7-2-1-3(9)6(11)4(8)5(2)10/h1H. The molecule has 0 aliphatic heterocycles. The number of halogens is 5. The summed E-state index contributed by atoms with van der Waals surface area (Å²) in [5.74, 6) is -0.915. The minimum absolute atomic E-state index is 0.127. The maximum Gasteiger partial charge on any atom is 0.152 e. The maximum absolute atomic E-state index is 12.9. The van der Waals surface area contributed by atoms with E-state index in [4.69, 9.17) is 0 Å². The maximum atomic E-state index is 12.9. The summed E-state index contributed by atoms with van der Waals surface area (Å²) in [6, 6.07) is 1.10. The SMILES string of the molecule is Fc1cc(Br)c(F)c(Br)c1I. The topological polar surface area (TPSA) is 0 Å². The molecule has 0 saturated heterocycles. The van der Waals surface area contributed by atoms with Crippen LogP contribution in [0.1, 0.15) is 0 Å². The molecule has 5 heteroatoms. The summed E-state index contributed by atoms with van der Waals surface area (Å²) < 4.78 is 26.2. The molecule has 0 radical (unpaired) electrons. The zero-order chi connectivity index (χ0) is 8.59. The highest BCUT2D eigenvalue weighted by Crippen LogP contribution is 2.30. The van der Waals surface area contributed by atoms with Crippen molar-refractivity contribution in [3.63, 3.8) is 0 Å². The highest BCUT2D eigenvalue weighted by atomic mass is 127. The lowest BCUT2D eigenvalue weighted by molar-refractivity contribution is 0.582. The average molecular weight is 398 g/mol. The van der Waals surface area contributed by atoms with Crippen LogP contribution < -0.4 is 0 Å². The van der Waals surface area contributed by atoms with Gasteiger partial charge in [-0.05, 0) is 60.5 Å². The lowest BCUT2D eigenvalue weighted by Gasteiger charge is -2.01. The fourth-order valence-electron chi connectivity index (χ4n) is 0.544. The smallest absolute Gasteiger partial charge is 0.152 e. The van der Waals surface area contributed by atoms with Gasteiger partial charge >= 0.3 is 0 Å². The van der Waals surface area contributed by atoms with Gasteiger partial charge in [-0.3, -0.25) is 0 Å². The molecule has 0 atom stereocenters. The molecule has 11 heavy (non-hydrogen) atoms. The van der Waals surface area contributed by atoms with E-state index in [-0.39, 0.29) is 12.5 Å². The van der Waals surface area contributed by atoms with Gasteiger partial charge in [0.2, 0.25) is 0 Å². The van der Waals surface area contributed by atoms with E-state index in [1.54, 1.807) is 22.6 Å². The van der Waals surface area contributed by atoms with Gasteiger partial charge in [-0.25, -0.2) is 8.78 Å². The molecule has 0 spiro atoms. The Hall–Kier alpha value is 0.770. The average Bonchev–Trinajstić information content (AvgIpc) is 1.97. The van der Waals surface area contributed by atoms with Gasteiger partial charge in [0.15, 0.2) is 5.82 Å². The molecule has 0 fully saturated rings. The Balaban J connectivity index is 3.46. The lowest BCUT2D eigenvalue weighted by Crippen LogP contribution is -1.89. The van der Waals surface area contributed by atoms with Crippen molar-refractivity contribution in [3.05, 3.63) is 30.2 Å². The zero-order valence-corrected chi connectivity index (χ0v) is 10.3. The van der Waals surface area contributed by atoms with Crippen molar-refractivity contribution in [2.75, 3.05) is 0 Å². The molecule has 0 N–H and O–H groups in total. The predicted molar refractivity (Wildman–Crippen MR) is 54.5 cm³/mol. The van der Waals surface area contributed by atoms with E-state index in [0.29, 0.717) is 0 Å². The second kappa shape index (κ2) is 3.66. The van der Waals surface area contributed by atoms with Crippen LogP contribution in [-0.2, 0) is 0 Å². The molecule has 0 amide bonds. The van der Waals surface area contributed by atoms with E-state index < -0.39 is 11.6 Å². The van der Waals surface area contributed by atoms with Gasteiger partial charge in [-0.1, -0.05) is 0 Å². The van der Waals surface area contributed by atoms with Crippen LogP contribution in [0, 0.1) is 15.2 Å². The third-order valence-corrected chi connectivity index (χ3v) is 4.18. The van der Waals surface area contributed by atoms with Crippen molar-refractivity contribution >= 4 is 54.5 Å². The summed E-state index contributed by atoms with van der Waals surface area (Å²) in [5.41, 5.74) is 0. The zero-order valence-electron chi connectivity index (χ0n) is 4.97. The molecule has 0 aliphatic carbocycles. The summed E-state index contributed by atoms with van der Waals surface area (Å²) in [7, 11) is 0. The monoisotopic (exact) mass is 396 g/mol. The van der Waals surface area contributed by atoms with Gasteiger partial charge < -0.3 is 0 Å². The number of benzene rings is 1. The van der Waals surface area contributed by atoms with Gasteiger partial charge in [0.05, 0.1) is 12.5 Å². The van der Waals surface area contributed by atoms with E-state index in [0.717, 1.165) is 6.07 Å². The highest BCUT2D eigenvalue weighted by molar-refractivity contribution is 14.1. The Morgan fingerprint density at radius 2 is 1.82 bits per heavy atom. The van der Waals surface area contributed by atoms with Crippen LogP contribution in [0.2, 0.25) is 0 Å². The van der Waals surface area contributed by atoms with E-state index in [2.05, 4.69) is 31.9 Å². The molecule has 1 rings (SSSR count). The lowest BCUT2D eigenvalue weighted by atomic mass is 10.3. The first-order chi connectivity index (χ1) is 5.04. The molecule has 0 aromatic heterocycles. The van der Waals surface area contributed by atoms with Crippen LogP contribution in [0.25, 0.3) is 0 Å². The fourth-order valence-corrected chi connectivity index (χ4v) is 2.00. The number of hydrogen-bond donors (Lipinski definition) is 0. The van der Waals surface area contributed by atoms with Crippen LogP contribution >= 0.6 is 54.5 Å². The van der Waals surface area contributed by atoms with Crippen LogP contribution in [0.3, 0.4) is 0 Å². The Kier molecular flexibility index (Phi) is 3.27. The molecule has 0 bridgehead atoms. The molecule has 1 aromatic rings. The highest BCUT2D eigenvalue weighted by Gasteiger charge is 2.12. The molecule has 0 unspecified atom stereocenters. The molecule has 0 nitrogen and oxygen atoms in total. The van der Waals surface area contributed by atoms with Gasteiger partial charge in [0, 0.05) is 0 Å².